The lowest BCUT2D eigenvalue weighted by atomic mass is 10.1. The van der Waals surface area contributed by atoms with Crippen molar-refractivity contribution < 1.29 is 22.8 Å². The molecule has 0 saturated heterocycles. The Bertz CT molecular complexity index is 292. The standard InChI is InChI=1S/C17H37NO5Si/c1-5-6-7-8-9-10-15-23-17(19)12-14-18-13-11-16-24(20-2,21-3)22-4/h18H,5-16H2,1-4H3. The zero-order chi connectivity index (χ0) is 18.1. The summed E-state index contributed by atoms with van der Waals surface area (Å²) in [5.74, 6) is -0.120. The summed E-state index contributed by atoms with van der Waals surface area (Å²) in [6.07, 6.45) is 8.50. The highest BCUT2D eigenvalue weighted by Gasteiger charge is 2.36. The van der Waals surface area contributed by atoms with Gasteiger partial charge in [0, 0.05) is 33.9 Å². The number of ether oxygens (including phenoxy) is 1. The molecule has 0 spiro atoms. The van der Waals surface area contributed by atoms with Crippen molar-refractivity contribution in [3.8, 4) is 0 Å². The van der Waals surface area contributed by atoms with Gasteiger partial charge in [0.25, 0.3) is 0 Å². The normalized spacial score (nSPS) is 11.7. The van der Waals surface area contributed by atoms with E-state index in [1.807, 2.05) is 0 Å². The minimum absolute atomic E-state index is 0.120. The molecule has 7 heteroatoms. The molecule has 0 bridgehead atoms. The van der Waals surface area contributed by atoms with Gasteiger partial charge < -0.3 is 23.3 Å². The molecular formula is C17H37NO5Si. The molecule has 0 radical (unpaired) electrons. The van der Waals surface area contributed by atoms with E-state index in [1.54, 1.807) is 21.3 Å². The van der Waals surface area contributed by atoms with Gasteiger partial charge in [-0.3, -0.25) is 4.79 Å². The Morgan fingerprint density at radius 3 is 2.12 bits per heavy atom. The average molecular weight is 364 g/mol. The van der Waals surface area contributed by atoms with Crippen LogP contribution in [0.2, 0.25) is 6.04 Å². The van der Waals surface area contributed by atoms with E-state index >= 15 is 0 Å². The average Bonchev–Trinajstić information content (AvgIpc) is 2.61. The molecular weight excluding hydrogens is 326 g/mol. The van der Waals surface area contributed by atoms with Gasteiger partial charge in [-0.05, 0) is 19.4 Å². The third-order valence-corrected chi connectivity index (χ3v) is 6.87. The Balaban J connectivity index is 3.46. The van der Waals surface area contributed by atoms with Gasteiger partial charge in [-0.25, -0.2) is 0 Å². The van der Waals surface area contributed by atoms with Crippen LogP contribution in [0.1, 0.15) is 58.3 Å². The van der Waals surface area contributed by atoms with Gasteiger partial charge in [0.05, 0.1) is 13.0 Å². The van der Waals surface area contributed by atoms with Crippen LogP contribution in [0.3, 0.4) is 0 Å². The Labute approximate surface area is 148 Å². The fourth-order valence-corrected chi connectivity index (χ4v) is 4.16. The molecule has 0 aromatic heterocycles. The van der Waals surface area contributed by atoms with E-state index in [2.05, 4.69) is 12.2 Å². The third-order valence-electron chi connectivity index (χ3n) is 4.04. The minimum Gasteiger partial charge on any atom is -0.466 e. The molecule has 0 amide bonds. The molecule has 24 heavy (non-hydrogen) atoms. The van der Waals surface area contributed by atoms with Crippen LogP contribution in [0.4, 0.5) is 0 Å². The molecule has 0 fully saturated rings. The number of unbranched alkanes of at least 4 members (excludes halogenated alkanes) is 5. The third kappa shape index (κ3) is 12.0. The van der Waals surface area contributed by atoms with Crippen LogP contribution >= 0.6 is 0 Å². The van der Waals surface area contributed by atoms with E-state index in [9.17, 15) is 4.79 Å². The Morgan fingerprint density at radius 1 is 0.875 bits per heavy atom. The predicted octanol–water partition coefficient (Wildman–Crippen LogP) is 3.14. The van der Waals surface area contributed by atoms with E-state index in [4.69, 9.17) is 18.0 Å². The van der Waals surface area contributed by atoms with Crippen LogP contribution in [0.5, 0.6) is 0 Å². The van der Waals surface area contributed by atoms with Crippen LogP contribution in [0.25, 0.3) is 0 Å². The summed E-state index contributed by atoms with van der Waals surface area (Å²) >= 11 is 0. The maximum absolute atomic E-state index is 11.6. The molecule has 0 unspecified atom stereocenters. The lowest BCUT2D eigenvalue weighted by Gasteiger charge is -2.24. The van der Waals surface area contributed by atoms with E-state index in [-0.39, 0.29) is 5.97 Å². The predicted molar refractivity (Wildman–Crippen MR) is 98.0 cm³/mol. The fraction of sp³-hybridized carbons (Fsp3) is 0.941. The van der Waals surface area contributed by atoms with Crippen LogP contribution < -0.4 is 5.32 Å². The Hall–Kier alpha value is -0.473. The molecule has 0 heterocycles. The highest BCUT2D eigenvalue weighted by atomic mass is 28.4. The molecule has 6 nitrogen and oxygen atoms in total. The fourth-order valence-electron chi connectivity index (χ4n) is 2.44. The van der Waals surface area contributed by atoms with Crippen LogP contribution in [-0.4, -0.2) is 55.8 Å². The van der Waals surface area contributed by atoms with Gasteiger partial charge in [0.1, 0.15) is 0 Å². The summed E-state index contributed by atoms with van der Waals surface area (Å²) in [5.41, 5.74) is 0. The van der Waals surface area contributed by atoms with Crippen LogP contribution in [0, 0.1) is 0 Å². The number of carbonyl (C=O) groups excluding carboxylic acids is 1. The van der Waals surface area contributed by atoms with E-state index in [1.165, 1.54) is 25.7 Å². The van der Waals surface area contributed by atoms with Crippen molar-refractivity contribution in [3.63, 3.8) is 0 Å². The maximum atomic E-state index is 11.6. The number of carbonyl (C=O) groups is 1. The van der Waals surface area contributed by atoms with Gasteiger partial charge in [0.15, 0.2) is 0 Å². The van der Waals surface area contributed by atoms with E-state index in [0.29, 0.717) is 19.6 Å². The summed E-state index contributed by atoms with van der Waals surface area (Å²) < 4.78 is 21.3. The highest BCUT2D eigenvalue weighted by molar-refractivity contribution is 6.60. The number of nitrogens with one attached hydrogen (secondary N) is 1. The molecule has 0 rings (SSSR count). The molecule has 0 atom stereocenters. The van der Waals surface area contributed by atoms with Crippen molar-refractivity contribution in [1.29, 1.82) is 0 Å². The first kappa shape index (κ1) is 23.5. The largest absolute Gasteiger partial charge is 0.500 e. The molecule has 0 aliphatic rings. The lowest BCUT2D eigenvalue weighted by Crippen LogP contribution is -2.43. The van der Waals surface area contributed by atoms with Crippen molar-refractivity contribution in [3.05, 3.63) is 0 Å². The van der Waals surface area contributed by atoms with Crippen molar-refractivity contribution in [2.24, 2.45) is 0 Å². The SMILES string of the molecule is CCCCCCCCOC(=O)CCNCCC[Si](OC)(OC)OC. The highest BCUT2D eigenvalue weighted by Crippen LogP contribution is 2.14. The van der Waals surface area contributed by atoms with Gasteiger partial charge in [-0.2, -0.15) is 0 Å². The second-order valence-electron chi connectivity index (χ2n) is 5.89. The molecule has 1 N–H and O–H groups in total. The second kappa shape index (κ2) is 16.0. The van der Waals surface area contributed by atoms with Crippen molar-refractivity contribution in [1.82, 2.24) is 5.32 Å². The van der Waals surface area contributed by atoms with E-state index in [0.717, 1.165) is 31.9 Å². The van der Waals surface area contributed by atoms with Gasteiger partial charge in [0.2, 0.25) is 0 Å². The van der Waals surface area contributed by atoms with E-state index < -0.39 is 8.80 Å². The number of hydrogen-bond donors (Lipinski definition) is 1. The van der Waals surface area contributed by atoms with Gasteiger partial charge in [-0.1, -0.05) is 39.0 Å². The van der Waals surface area contributed by atoms with Gasteiger partial charge >= 0.3 is 14.8 Å². The molecule has 0 aromatic carbocycles. The lowest BCUT2D eigenvalue weighted by molar-refractivity contribution is -0.143. The summed E-state index contributed by atoms with van der Waals surface area (Å²) in [6, 6.07) is 0.756. The summed E-state index contributed by atoms with van der Waals surface area (Å²) in [5, 5.41) is 3.24. The topological polar surface area (TPSA) is 66.0 Å². The number of hydrogen-bond acceptors (Lipinski definition) is 6. The molecule has 144 valence electrons. The summed E-state index contributed by atoms with van der Waals surface area (Å²) in [6.45, 7) is 4.20. The van der Waals surface area contributed by atoms with Crippen LogP contribution in [0.15, 0.2) is 0 Å². The number of rotatable bonds is 17. The zero-order valence-corrected chi connectivity index (χ0v) is 17.0. The van der Waals surface area contributed by atoms with Crippen LogP contribution in [-0.2, 0) is 22.8 Å². The molecule has 0 aliphatic heterocycles. The minimum atomic E-state index is -2.47. The smallest absolute Gasteiger partial charge is 0.466 e. The van der Waals surface area contributed by atoms with Crippen molar-refractivity contribution in [2.75, 3.05) is 41.0 Å². The molecule has 0 aliphatic carbocycles. The zero-order valence-electron chi connectivity index (χ0n) is 16.0. The molecule has 0 saturated carbocycles. The Morgan fingerprint density at radius 2 is 1.50 bits per heavy atom. The quantitative estimate of drug-likeness (QED) is 0.243. The second-order valence-corrected chi connectivity index (χ2v) is 8.98. The number of esters is 1. The Kier molecular flexibility index (Phi) is 15.7. The van der Waals surface area contributed by atoms with Crippen molar-refractivity contribution in [2.45, 2.75) is 64.3 Å². The van der Waals surface area contributed by atoms with Gasteiger partial charge in [-0.15, -0.1) is 0 Å². The first-order chi connectivity index (χ1) is 11.6. The molecule has 0 aromatic rings. The first-order valence-electron chi connectivity index (χ1n) is 9.16. The summed E-state index contributed by atoms with van der Waals surface area (Å²) in [7, 11) is 2.39. The first-order valence-corrected chi connectivity index (χ1v) is 11.1. The summed E-state index contributed by atoms with van der Waals surface area (Å²) in [4.78, 5) is 11.6. The van der Waals surface area contributed by atoms with Crippen molar-refractivity contribution >= 4 is 14.8 Å². The monoisotopic (exact) mass is 363 g/mol. The maximum Gasteiger partial charge on any atom is 0.500 e.